The minimum absolute atomic E-state index is 0.145. The molecule has 0 aliphatic heterocycles. The molecule has 0 unspecified atom stereocenters. The maximum absolute atomic E-state index is 12.7. The SMILES string of the molecule is C[C@H]1[C@H](C)CCC[C@H]1NC(=O)c1cc(=O)[nH]c2ccccc12. The fraction of sp³-hybridized carbons (Fsp3) is 0.444. The van der Waals surface area contributed by atoms with Crippen molar-refractivity contribution >= 4 is 16.8 Å². The molecule has 2 aromatic rings. The van der Waals surface area contributed by atoms with E-state index in [1.165, 1.54) is 12.5 Å². The zero-order valence-electron chi connectivity index (χ0n) is 13.1. The summed E-state index contributed by atoms with van der Waals surface area (Å²) in [6, 6.07) is 9.00. The van der Waals surface area contributed by atoms with Crippen LogP contribution in [0, 0.1) is 11.8 Å². The lowest BCUT2D eigenvalue weighted by molar-refractivity contribution is 0.0892. The van der Waals surface area contributed by atoms with E-state index in [-0.39, 0.29) is 17.5 Å². The van der Waals surface area contributed by atoms with Gasteiger partial charge in [0.1, 0.15) is 0 Å². The van der Waals surface area contributed by atoms with Crippen molar-refractivity contribution in [3.63, 3.8) is 0 Å². The lowest BCUT2D eigenvalue weighted by atomic mass is 9.78. The van der Waals surface area contributed by atoms with Gasteiger partial charge in [-0.15, -0.1) is 0 Å². The van der Waals surface area contributed by atoms with E-state index in [2.05, 4.69) is 24.1 Å². The third-order valence-electron chi connectivity index (χ3n) is 5.02. The van der Waals surface area contributed by atoms with Crippen LogP contribution in [-0.2, 0) is 0 Å². The highest BCUT2D eigenvalue weighted by Crippen LogP contribution is 2.29. The molecule has 1 aliphatic carbocycles. The molecule has 0 radical (unpaired) electrons. The van der Waals surface area contributed by atoms with Gasteiger partial charge in [-0.25, -0.2) is 0 Å². The summed E-state index contributed by atoms with van der Waals surface area (Å²) < 4.78 is 0. The summed E-state index contributed by atoms with van der Waals surface area (Å²) in [4.78, 5) is 27.2. The van der Waals surface area contributed by atoms with Crippen LogP contribution in [0.2, 0.25) is 0 Å². The lowest BCUT2D eigenvalue weighted by Crippen LogP contribution is -2.43. The molecular weight excluding hydrogens is 276 g/mol. The number of hydrogen-bond donors (Lipinski definition) is 2. The Morgan fingerprint density at radius 1 is 1.23 bits per heavy atom. The number of benzene rings is 1. The molecule has 3 atom stereocenters. The average molecular weight is 298 g/mol. The monoisotopic (exact) mass is 298 g/mol. The predicted octanol–water partition coefficient (Wildman–Crippen LogP) is 3.08. The molecule has 0 bridgehead atoms. The van der Waals surface area contributed by atoms with Crippen LogP contribution in [0.4, 0.5) is 0 Å². The molecule has 1 saturated carbocycles. The van der Waals surface area contributed by atoms with E-state index in [1.54, 1.807) is 0 Å². The van der Waals surface area contributed by atoms with Gasteiger partial charge in [0.05, 0.1) is 5.56 Å². The number of amides is 1. The second-order valence-electron chi connectivity index (χ2n) is 6.44. The topological polar surface area (TPSA) is 62.0 Å². The Morgan fingerprint density at radius 3 is 2.82 bits per heavy atom. The standard InChI is InChI=1S/C18H22N2O2/c1-11-6-5-9-15(12(11)2)20-18(22)14-10-17(21)19-16-8-4-3-7-13(14)16/h3-4,7-8,10-12,15H,5-6,9H2,1-2H3,(H,19,21)(H,20,22)/t11-,12+,15-/m1/s1. The van der Waals surface area contributed by atoms with E-state index in [4.69, 9.17) is 0 Å². The Kier molecular flexibility index (Phi) is 4.01. The van der Waals surface area contributed by atoms with Crippen LogP contribution in [-0.4, -0.2) is 16.9 Å². The van der Waals surface area contributed by atoms with E-state index >= 15 is 0 Å². The maximum atomic E-state index is 12.7. The third kappa shape index (κ3) is 2.78. The van der Waals surface area contributed by atoms with Gasteiger partial charge in [0, 0.05) is 23.0 Å². The molecule has 0 spiro atoms. The number of carbonyl (C=O) groups is 1. The summed E-state index contributed by atoms with van der Waals surface area (Å²) >= 11 is 0. The highest BCUT2D eigenvalue weighted by molar-refractivity contribution is 6.06. The number of rotatable bonds is 2. The number of hydrogen-bond acceptors (Lipinski definition) is 2. The van der Waals surface area contributed by atoms with Crippen LogP contribution in [0.25, 0.3) is 10.9 Å². The summed E-state index contributed by atoms with van der Waals surface area (Å²) in [6.45, 7) is 4.44. The Bertz CT molecular complexity index is 750. The normalized spacial score (nSPS) is 25.1. The van der Waals surface area contributed by atoms with Gasteiger partial charge in [-0.3, -0.25) is 9.59 Å². The molecule has 1 aromatic carbocycles. The molecule has 1 amide bonds. The van der Waals surface area contributed by atoms with E-state index in [9.17, 15) is 9.59 Å². The molecule has 2 N–H and O–H groups in total. The molecule has 1 aromatic heterocycles. The first-order valence-corrected chi connectivity index (χ1v) is 7.99. The highest BCUT2D eigenvalue weighted by Gasteiger charge is 2.28. The summed E-state index contributed by atoms with van der Waals surface area (Å²) in [5.41, 5.74) is 0.920. The number of aromatic amines is 1. The van der Waals surface area contributed by atoms with Gasteiger partial charge < -0.3 is 10.3 Å². The largest absolute Gasteiger partial charge is 0.349 e. The molecule has 116 valence electrons. The molecule has 1 heterocycles. The fourth-order valence-electron chi connectivity index (χ4n) is 3.42. The van der Waals surface area contributed by atoms with Crippen molar-refractivity contribution in [2.45, 2.75) is 39.2 Å². The van der Waals surface area contributed by atoms with Gasteiger partial charge in [-0.1, -0.05) is 44.9 Å². The second-order valence-corrected chi connectivity index (χ2v) is 6.44. The Morgan fingerprint density at radius 2 is 2.00 bits per heavy atom. The first-order valence-electron chi connectivity index (χ1n) is 7.99. The van der Waals surface area contributed by atoms with Gasteiger partial charge in [-0.2, -0.15) is 0 Å². The summed E-state index contributed by atoms with van der Waals surface area (Å²) in [5.74, 6) is 0.939. The van der Waals surface area contributed by atoms with Crippen LogP contribution in [0.3, 0.4) is 0 Å². The molecule has 1 aliphatic rings. The van der Waals surface area contributed by atoms with Crippen LogP contribution in [0.15, 0.2) is 35.1 Å². The van der Waals surface area contributed by atoms with Crippen molar-refractivity contribution in [3.8, 4) is 0 Å². The number of nitrogens with one attached hydrogen (secondary N) is 2. The molecular formula is C18H22N2O2. The summed E-state index contributed by atoms with van der Waals surface area (Å²) in [5, 5.41) is 3.93. The lowest BCUT2D eigenvalue weighted by Gasteiger charge is -2.34. The molecule has 4 heteroatoms. The first-order chi connectivity index (χ1) is 10.6. The molecule has 4 nitrogen and oxygen atoms in total. The number of para-hydroxylation sites is 1. The van der Waals surface area contributed by atoms with Crippen molar-refractivity contribution in [2.24, 2.45) is 11.8 Å². The van der Waals surface area contributed by atoms with Crippen molar-refractivity contribution in [1.29, 1.82) is 0 Å². The van der Waals surface area contributed by atoms with Crippen LogP contribution in [0.5, 0.6) is 0 Å². The van der Waals surface area contributed by atoms with Gasteiger partial charge in [0.15, 0.2) is 0 Å². The highest BCUT2D eigenvalue weighted by atomic mass is 16.2. The zero-order chi connectivity index (χ0) is 15.7. The predicted molar refractivity (Wildman–Crippen MR) is 88.0 cm³/mol. The van der Waals surface area contributed by atoms with Gasteiger partial charge in [-0.05, 0) is 24.3 Å². The van der Waals surface area contributed by atoms with E-state index in [0.29, 0.717) is 22.9 Å². The molecule has 3 rings (SSSR count). The number of H-pyrrole nitrogens is 1. The number of fused-ring (bicyclic) bond motifs is 1. The number of pyridine rings is 1. The van der Waals surface area contributed by atoms with Gasteiger partial charge in [0.2, 0.25) is 5.56 Å². The number of aromatic nitrogens is 1. The average Bonchev–Trinajstić information content (AvgIpc) is 2.51. The Labute approximate surface area is 129 Å². The van der Waals surface area contributed by atoms with Crippen LogP contribution < -0.4 is 10.9 Å². The zero-order valence-corrected chi connectivity index (χ0v) is 13.1. The minimum atomic E-state index is -0.242. The van der Waals surface area contributed by atoms with Crippen LogP contribution >= 0.6 is 0 Å². The van der Waals surface area contributed by atoms with Gasteiger partial charge in [0.25, 0.3) is 5.91 Å². The molecule has 1 fully saturated rings. The van der Waals surface area contributed by atoms with Crippen LogP contribution in [0.1, 0.15) is 43.5 Å². The first kappa shape index (κ1) is 14.8. The van der Waals surface area contributed by atoms with E-state index in [0.717, 1.165) is 18.2 Å². The number of carbonyl (C=O) groups excluding carboxylic acids is 1. The smallest absolute Gasteiger partial charge is 0.252 e. The minimum Gasteiger partial charge on any atom is -0.349 e. The molecule has 0 saturated heterocycles. The Hall–Kier alpha value is -2.10. The van der Waals surface area contributed by atoms with Crippen molar-refractivity contribution in [3.05, 3.63) is 46.2 Å². The fourth-order valence-corrected chi connectivity index (χ4v) is 3.42. The van der Waals surface area contributed by atoms with E-state index in [1.807, 2.05) is 24.3 Å². The van der Waals surface area contributed by atoms with E-state index < -0.39 is 0 Å². The van der Waals surface area contributed by atoms with Crippen molar-refractivity contribution in [2.75, 3.05) is 0 Å². The molecule has 22 heavy (non-hydrogen) atoms. The summed E-state index contributed by atoms with van der Waals surface area (Å²) in [7, 11) is 0. The second kappa shape index (κ2) is 5.95. The third-order valence-corrected chi connectivity index (χ3v) is 5.02. The van der Waals surface area contributed by atoms with Crippen molar-refractivity contribution in [1.82, 2.24) is 10.3 Å². The summed E-state index contributed by atoms with van der Waals surface area (Å²) in [6.07, 6.45) is 3.38. The maximum Gasteiger partial charge on any atom is 0.252 e. The quantitative estimate of drug-likeness (QED) is 0.895. The van der Waals surface area contributed by atoms with Crippen molar-refractivity contribution < 1.29 is 4.79 Å². The Balaban J connectivity index is 1.91. The van der Waals surface area contributed by atoms with Gasteiger partial charge >= 0.3 is 0 Å².